The lowest BCUT2D eigenvalue weighted by Gasteiger charge is -2.23. The van der Waals surface area contributed by atoms with Gasteiger partial charge in [0, 0.05) is 6.42 Å². The summed E-state index contributed by atoms with van der Waals surface area (Å²) in [6.45, 7) is 1.94. The van der Waals surface area contributed by atoms with Crippen LogP contribution in [0.1, 0.15) is 62.0 Å². The number of nitrogen functional groups attached to an aromatic ring is 2. The Morgan fingerprint density at radius 3 is 2.55 bits per heavy atom. The Labute approximate surface area is 231 Å². The number of nitrogens with zero attached hydrogens (tertiary/aromatic N) is 5. The predicted molar refractivity (Wildman–Crippen MR) is 154 cm³/mol. The molecule has 206 valence electrons. The SMILES string of the molecule is CC[C@H](Nc1nc(N)nc(N)c1C#N)c1nc2cccc(CCCCCC(=O)OC)c2c(=O)n1-c1ccccc1. The molecule has 1 atom stereocenters. The van der Waals surface area contributed by atoms with Crippen molar-refractivity contribution in [1.29, 1.82) is 5.26 Å². The second kappa shape index (κ2) is 12.7. The lowest BCUT2D eigenvalue weighted by molar-refractivity contribution is -0.140. The Balaban J connectivity index is 1.79. The van der Waals surface area contributed by atoms with Crippen molar-refractivity contribution in [2.45, 2.75) is 51.5 Å². The normalized spacial score (nSPS) is 11.6. The number of nitrogens with one attached hydrogen (secondary N) is 1. The van der Waals surface area contributed by atoms with Crippen LogP contribution in [0.25, 0.3) is 16.6 Å². The van der Waals surface area contributed by atoms with Crippen LogP contribution in [0.15, 0.2) is 53.3 Å². The molecule has 0 bridgehead atoms. The van der Waals surface area contributed by atoms with E-state index in [1.54, 1.807) is 4.57 Å². The van der Waals surface area contributed by atoms with Gasteiger partial charge in [0.05, 0.1) is 29.7 Å². The molecule has 0 unspecified atom stereocenters. The first-order valence-electron chi connectivity index (χ1n) is 13.1. The first-order chi connectivity index (χ1) is 19.4. The third-order valence-electron chi connectivity index (χ3n) is 6.68. The van der Waals surface area contributed by atoms with E-state index in [2.05, 4.69) is 15.3 Å². The molecule has 0 saturated carbocycles. The third kappa shape index (κ3) is 6.02. The van der Waals surface area contributed by atoms with E-state index >= 15 is 0 Å². The van der Waals surface area contributed by atoms with Crippen LogP contribution in [0.4, 0.5) is 17.6 Å². The molecule has 2 aromatic heterocycles. The standard InChI is InChI=1S/C29H32N8O3/c1-3-21(33-26-20(17-30)25(31)35-29(32)36-26)27-34-22-15-10-12-18(11-6-4-9-16-23(38)40-2)24(22)28(39)37(27)19-13-7-5-8-14-19/h5,7-8,10,12-15,21H,3-4,6,9,11,16H2,1-2H3,(H5,31,32,33,35,36)/t21-/m0/s1. The number of aromatic nitrogens is 4. The Morgan fingerprint density at radius 2 is 1.85 bits per heavy atom. The fourth-order valence-corrected chi connectivity index (χ4v) is 4.67. The second-order valence-corrected chi connectivity index (χ2v) is 9.30. The van der Waals surface area contributed by atoms with E-state index in [0.29, 0.717) is 41.7 Å². The molecule has 2 heterocycles. The van der Waals surface area contributed by atoms with Crippen molar-refractivity contribution in [2.75, 3.05) is 23.9 Å². The minimum atomic E-state index is -0.514. The Kier molecular flexibility index (Phi) is 8.91. The molecule has 0 aliphatic carbocycles. The van der Waals surface area contributed by atoms with Crippen molar-refractivity contribution < 1.29 is 9.53 Å². The molecular formula is C29H32N8O3. The highest BCUT2D eigenvalue weighted by Crippen LogP contribution is 2.28. The zero-order valence-corrected chi connectivity index (χ0v) is 22.6. The van der Waals surface area contributed by atoms with Gasteiger partial charge in [-0.1, -0.05) is 43.7 Å². The summed E-state index contributed by atoms with van der Waals surface area (Å²) in [5.74, 6) is 0.309. The fourth-order valence-electron chi connectivity index (χ4n) is 4.67. The summed E-state index contributed by atoms with van der Waals surface area (Å²) in [6, 6.07) is 16.5. The van der Waals surface area contributed by atoms with Gasteiger partial charge < -0.3 is 21.5 Å². The molecule has 4 rings (SSSR count). The summed E-state index contributed by atoms with van der Waals surface area (Å²) in [6.07, 6.45) is 3.93. The average molecular weight is 541 g/mol. The van der Waals surface area contributed by atoms with Crippen molar-refractivity contribution in [1.82, 2.24) is 19.5 Å². The average Bonchev–Trinajstić information content (AvgIpc) is 2.95. The quantitative estimate of drug-likeness (QED) is 0.186. The van der Waals surface area contributed by atoms with Crippen molar-refractivity contribution in [3.05, 3.63) is 75.8 Å². The number of esters is 1. The van der Waals surface area contributed by atoms with Gasteiger partial charge in [-0.2, -0.15) is 15.2 Å². The second-order valence-electron chi connectivity index (χ2n) is 9.30. The highest BCUT2D eigenvalue weighted by atomic mass is 16.5. The van der Waals surface area contributed by atoms with Gasteiger partial charge in [0.2, 0.25) is 5.95 Å². The number of para-hydroxylation sites is 1. The molecular weight excluding hydrogens is 508 g/mol. The number of nitrogens with two attached hydrogens (primary N) is 2. The van der Waals surface area contributed by atoms with E-state index in [1.807, 2.05) is 61.5 Å². The van der Waals surface area contributed by atoms with Crippen LogP contribution in [0.5, 0.6) is 0 Å². The molecule has 2 aromatic carbocycles. The van der Waals surface area contributed by atoms with Crippen molar-refractivity contribution in [3.63, 3.8) is 0 Å². The molecule has 0 amide bonds. The maximum atomic E-state index is 14.2. The molecule has 5 N–H and O–H groups in total. The maximum absolute atomic E-state index is 14.2. The maximum Gasteiger partial charge on any atom is 0.305 e. The summed E-state index contributed by atoms with van der Waals surface area (Å²) in [5.41, 5.74) is 13.7. The topological polar surface area (TPSA) is 175 Å². The third-order valence-corrected chi connectivity index (χ3v) is 6.68. The van der Waals surface area contributed by atoms with Gasteiger partial charge in [-0.3, -0.25) is 14.2 Å². The van der Waals surface area contributed by atoms with Crippen LogP contribution in [-0.2, 0) is 16.0 Å². The largest absolute Gasteiger partial charge is 0.469 e. The molecule has 0 spiro atoms. The summed E-state index contributed by atoms with van der Waals surface area (Å²) >= 11 is 0. The Morgan fingerprint density at radius 1 is 1.07 bits per heavy atom. The molecule has 11 nitrogen and oxygen atoms in total. The summed E-state index contributed by atoms with van der Waals surface area (Å²) in [7, 11) is 1.39. The van der Waals surface area contributed by atoms with Crippen LogP contribution < -0.4 is 22.3 Å². The zero-order valence-electron chi connectivity index (χ0n) is 22.6. The van der Waals surface area contributed by atoms with E-state index in [4.69, 9.17) is 21.2 Å². The number of carbonyl (C=O) groups is 1. The molecule has 0 aliphatic heterocycles. The van der Waals surface area contributed by atoms with Crippen LogP contribution in [0, 0.1) is 11.3 Å². The van der Waals surface area contributed by atoms with Crippen molar-refractivity contribution in [2.24, 2.45) is 0 Å². The number of methoxy groups -OCH3 is 1. The van der Waals surface area contributed by atoms with Gasteiger partial charge in [0.15, 0.2) is 5.82 Å². The smallest absolute Gasteiger partial charge is 0.305 e. The van der Waals surface area contributed by atoms with E-state index in [0.717, 1.165) is 24.8 Å². The van der Waals surface area contributed by atoms with Gasteiger partial charge in [-0.25, -0.2) is 4.98 Å². The molecule has 40 heavy (non-hydrogen) atoms. The predicted octanol–water partition coefficient (Wildman–Crippen LogP) is 4.05. The number of hydrogen-bond donors (Lipinski definition) is 3. The monoisotopic (exact) mass is 540 g/mol. The summed E-state index contributed by atoms with van der Waals surface area (Å²) in [5, 5.41) is 13.4. The minimum absolute atomic E-state index is 0.0319. The number of carbonyl (C=O) groups excluding carboxylic acids is 1. The molecule has 0 radical (unpaired) electrons. The summed E-state index contributed by atoms with van der Waals surface area (Å²) in [4.78, 5) is 38.7. The number of anilines is 3. The van der Waals surface area contributed by atoms with Gasteiger partial charge in [-0.15, -0.1) is 0 Å². The molecule has 0 saturated heterocycles. The number of fused-ring (bicyclic) bond motifs is 1. The van der Waals surface area contributed by atoms with Crippen LogP contribution in [0.3, 0.4) is 0 Å². The Hall–Kier alpha value is -4.98. The number of aryl methyl sites for hydroxylation is 1. The van der Waals surface area contributed by atoms with Gasteiger partial charge in [-0.05, 0) is 49.4 Å². The van der Waals surface area contributed by atoms with Crippen molar-refractivity contribution >= 4 is 34.5 Å². The number of hydrogen-bond acceptors (Lipinski definition) is 10. The lowest BCUT2D eigenvalue weighted by atomic mass is 10.0. The van der Waals surface area contributed by atoms with Crippen LogP contribution in [0.2, 0.25) is 0 Å². The minimum Gasteiger partial charge on any atom is -0.469 e. The first-order valence-corrected chi connectivity index (χ1v) is 13.1. The highest BCUT2D eigenvalue weighted by molar-refractivity contribution is 5.82. The van der Waals surface area contributed by atoms with E-state index in [9.17, 15) is 14.9 Å². The Bertz CT molecular complexity index is 1610. The first kappa shape index (κ1) is 28.0. The van der Waals surface area contributed by atoms with Gasteiger partial charge >= 0.3 is 5.97 Å². The van der Waals surface area contributed by atoms with Gasteiger partial charge in [0.1, 0.15) is 23.3 Å². The van der Waals surface area contributed by atoms with E-state index in [-0.39, 0.29) is 34.7 Å². The van der Waals surface area contributed by atoms with E-state index in [1.165, 1.54) is 7.11 Å². The zero-order chi connectivity index (χ0) is 28.6. The van der Waals surface area contributed by atoms with Gasteiger partial charge in [0.25, 0.3) is 5.56 Å². The number of ether oxygens (including phenoxy) is 1. The lowest BCUT2D eigenvalue weighted by Crippen LogP contribution is -2.29. The molecule has 11 heteroatoms. The molecule has 0 fully saturated rings. The number of benzene rings is 2. The fraction of sp³-hybridized carbons (Fsp3) is 0.310. The van der Waals surface area contributed by atoms with Crippen LogP contribution >= 0.6 is 0 Å². The summed E-state index contributed by atoms with van der Waals surface area (Å²) < 4.78 is 6.32. The molecule has 0 aliphatic rings. The molecule has 4 aromatic rings. The number of rotatable bonds is 11. The number of unbranched alkanes of at least 4 members (excludes halogenated alkanes) is 2. The van der Waals surface area contributed by atoms with Crippen molar-refractivity contribution in [3.8, 4) is 11.8 Å². The van der Waals surface area contributed by atoms with Crippen LogP contribution in [-0.4, -0.2) is 32.6 Å². The number of nitriles is 1. The highest BCUT2D eigenvalue weighted by Gasteiger charge is 2.23. The van der Waals surface area contributed by atoms with E-state index < -0.39 is 6.04 Å².